The second-order valence-corrected chi connectivity index (χ2v) is 3.60. The van der Waals surface area contributed by atoms with E-state index in [2.05, 4.69) is 32.9 Å². The van der Waals surface area contributed by atoms with Crippen LogP contribution in [-0.2, 0) is 6.42 Å². The Hall–Kier alpha value is -0.980. The molecule has 0 aliphatic heterocycles. The first kappa shape index (κ1) is 10.1. The molecule has 0 fully saturated rings. The molecular formula is C12H18N. The largest absolute Gasteiger partial charge is 0.398 e. The van der Waals surface area contributed by atoms with E-state index in [9.17, 15) is 0 Å². The smallest absolute Gasteiger partial charge is 0.0373 e. The molecule has 0 heterocycles. The van der Waals surface area contributed by atoms with E-state index in [1.54, 1.807) is 0 Å². The van der Waals surface area contributed by atoms with Crippen molar-refractivity contribution in [2.45, 2.75) is 33.1 Å². The van der Waals surface area contributed by atoms with Crippen LogP contribution in [0.2, 0.25) is 0 Å². The molecule has 1 rings (SSSR count). The fraction of sp³-hybridized carbons (Fsp3) is 0.417. The summed E-state index contributed by atoms with van der Waals surface area (Å²) >= 11 is 0. The fourth-order valence-corrected chi connectivity index (χ4v) is 1.54. The van der Waals surface area contributed by atoms with E-state index in [0.717, 1.165) is 24.9 Å². The number of benzene rings is 1. The third-order valence-corrected chi connectivity index (χ3v) is 2.37. The van der Waals surface area contributed by atoms with E-state index in [0.29, 0.717) is 0 Å². The van der Waals surface area contributed by atoms with Gasteiger partial charge in [-0.1, -0.05) is 25.5 Å². The molecule has 0 saturated carbocycles. The molecule has 0 aliphatic carbocycles. The molecule has 71 valence electrons. The van der Waals surface area contributed by atoms with Gasteiger partial charge in [-0.2, -0.15) is 0 Å². The predicted molar refractivity (Wildman–Crippen MR) is 58.6 cm³/mol. The monoisotopic (exact) mass is 176 g/mol. The highest BCUT2D eigenvalue weighted by Gasteiger charge is 2.00. The van der Waals surface area contributed by atoms with Crippen LogP contribution in [0.4, 0.5) is 5.69 Å². The van der Waals surface area contributed by atoms with E-state index in [1.165, 1.54) is 16.7 Å². The van der Waals surface area contributed by atoms with Crippen LogP contribution in [0.5, 0.6) is 0 Å². The number of anilines is 1. The van der Waals surface area contributed by atoms with E-state index >= 15 is 0 Å². The van der Waals surface area contributed by atoms with Crippen LogP contribution in [-0.4, -0.2) is 0 Å². The zero-order valence-electron chi connectivity index (χ0n) is 8.56. The lowest BCUT2D eigenvalue weighted by Crippen LogP contribution is -1.96. The predicted octanol–water partition coefficient (Wildman–Crippen LogP) is 3.04. The van der Waals surface area contributed by atoms with Crippen molar-refractivity contribution in [3.63, 3.8) is 0 Å². The Labute approximate surface area is 81.0 Å². The van der Waals surface area contributed by atoms with Crippen LogP contribution in [0.25, 0.3) is 0 Å². The molecule has 0 aliphatic rings. The van der Waals surface area contributed by atoms with Crippen molar-refractivity contribution >= 4 is 5.69 Å². The van der Waals surface area contributed by atoms with Crippen LogP contribution in [0.1, 0.15) is 29.5 Å². The molecule has 0 spiro atoms. The van der Waals surface area contributed by atoms with Crippen molar-refractivity contribution in [3.8, 4) is 0 Å². The maximum Gasteiger partial charge on any atom is 0.0373 e. The fourth-order valence-electron chi connectivity index (χ4n) is 1.54. The molecule has 1 nitrogen and oxygen atoms in total. The molecule has 0 saturated heterocycles. The summed E-state index contributed by atoms with van der Waals surface area (Å²) in [7, 11) is 0. The molecule has 1 heteroatoms. The standard InChI is InChI=1S/C12H18N/c1-4-5-6-11-7-9(2)12(13)10(3)8-11/h7-8H,1,4-6,13H2,2-3H3. The SMILES string of the molecule is [CH2]CCCc1cc(C)c(N)c(C)c1. The quantitative estimate of drug-likeness (QED) is 0.704. The van der Waals surface area contributed by atoms with Crippen LogP contribution in [0.15, 0.2) is 12.1 Å². The van der Waals surface area contributed by atoms with Crippen LogP contribution < -0.4 is 5.73 Å². The first-order valence-electron chi connectivity index (χ1n) is 4.80. The van der Waals surface area contributed by atoms with Gasteiger partial charge in [0.05, 0.1) is 0 Å². The summed E-state index contributed by atoms with van der Waals surface area (Å²) in [4.78, 5) is 0. The Morgan fingerprint density at radius 1 is 1.23 bits per heavy atom. The van der Waals surface area contributed by atoms with Gasteiger partial charge in [-0.3, -0.25) is 0 Å². The number of hydrogen-bond acceptors (Lipinski definition) is 1. The lowest BCUT2D eigenvalue weighted by Gasteiger charge is -2.08. The average molecular weight is 176 g/mol. The van der Waals surface area contributed by atoms with Crippen LogP contribution in [0.3, 0.4) is 0 Å². The van der Waals surface area contributed by atoms with Crippen molar-refractivity contribution < 1.29 is 0 Å². The Balaban J connectivity index is 2.86. The summed E-state index contributed by atoms with van der Waals surface area (Å²) in [5.41, 5.74) is 10.6. The maximum atomic E-state index is 5.87. The molecule has 1 aromatic carbocycles. The van der Waals surface area contributed by atoms with Gasteiger partial charge in [0.25, 0.3) is 0 Å². The molecule has 0 atom stereocenters. The summed E-state index contributed by atoms with van der Waals surface area (Å²) in [6.45, 7) is 7.97. The highest BCUT2D eigenvalue weighted by molar-refractivity contribution is 5.54. The van der Waals surface area contributed by atoms with Gasteiger partial charge in [0.15, 0.2) is 0 Å². The Bertz CT molecular complexity index is 266. The van der Waals surface area contributed by atoms with Crippen molar-refractivity contribution in [1.29, 1.82) is 0 Å². The summed E-state index contributed by atoms with van der Waals surface area (Å²) in [6.07, 6.45) is 3.27. The molecule has 1 radical (unpaired) electrons. The van der Waals surface area contributed by atoms with Gasteiger partial charge >= 0.3 is 0 Å². The van der Waals surface area contributed by atoms with E-state index in [4.69, 9.17) is 5.73 Å². The van der Waals surface area contributed by atoms with Crippen LogP contribution in [0, 0.1) is 20.8 Å². The van der Waals surface area contributed by atoms with Crippen molar-refractivity contribution in [2.75, 3.05) is 5.73 Å². The molecule has 0 bridgehead atoms. The molecule has 13 heavy (non-hydrogen) atoms. The van der Waals surface area contributed by atoms with Gasteiger partial charge in [0.2, 0.25) is 0 Å². The molecule has 0 aromatic heterocycles. The Morgan fingerprint density at radius 3 is 2.23 bits per heavy atom. The lowest BCUT2D eigenvalue weighted by molar-refractivity contribution is 0.839. The van der Waals surface area contributed by atoms with E-state index < -0.39 is 0 Å². The molecule has 2 N–H and O–H groups in total. The van der Waals surface area contributed by atoms with E-state index in [-0.39, 0.29) is 0 Å². The normalized spacial score (nSPS) is 10.4. The van der Waals surface area contributed by atoms with Gasteiger partial charge < -0.3 is 5.73 Å². The van der Waals surface area contributed by atoms with Crippen molar-refractivity contribution in [2.24, 2.45) is 0 Å². The maximum absolute atomic E-state index is 5.87. The first-order chi connectivity index (χ1) is 6.15. The minimum absolute atomic E-state index is 0.929. The Kier molecular flexibility index (Phi) is 3.35. The van der Waals surface area contributed by atoms with Crippen LogP contribution >= 0.6 is 0 Å². The average Bonchev–Trinajstić information content (AvgIpc) is 2.10. The summed E-state index contributed by atoms with van der Waals surface area (Å²) in [5.74, 6) is 0. The minimum atomic E-state index is 0.929. The second-order valence-electron chi connectivity index (χ2n) is 3.60. The van der Waals surface area contributed by atoms with Crippen molar-refractivity contribution in [1.82, 2.24) is 0 Å². The highest BCUT2D eigenvalue weighted by atomic mass is 14.6. The summed E-state index contributed by atoms with van der Waals surface area (Å²) in [6, 6.07) is 4.36. The lowest BCUT2D eigenvalue weighted by atomic mass is 10.0. The summed E-state index contributed by atoms with van der Waals surface area (Å²) < 4.78 is 0. The number of rotatable bonds is 3. The van der Waals surface area contributed by atoms with Gasteiger partial charge in [-0.25, -0.2) is 0 Å². The third-order valence-electron chi connectivity index (χ3n) is 2.37. The number of nitrogens with two attached hydrogens (primary N) is 1. The zero-order valence-corrected chi connectivity index (χ0v) is 8.56. The molecular weight excluding hydrogens is 158 g/mol. The number of aryl methyl sites for hydroxylation is 3. The first-order valence-corrected chi connectivity index (χ1v) is 4.80. The van der Waals surface area contributed by atoms with Gasteiger partial charge in [-0.15, -0.1) is 0 Å². The molecule has 0 amide bonds. The second kappa shape index (κ2) is 4.31. The van der Waals surface area contributed by atoms with Gasteiger partial charge in [-0.05, 0) is 43.4 Å². The number of unbranched alkanes of at least 4 members (excludes halogenated alkanes) is 1. The van der Waals surface area contributed by atoms with E-state index in [1.807, 2.05) is 0 Å². The zero-order chi connectivity index (χ0) is 9.84. The minimum Gasteiger partial charge on any atom is -0.398 e. The topological polar surface area (TPSA) is 26.0 Å². The molecule has 0 unspecified atom stereocenters. The number of nitrogen functional groups attached to an aromatic ring is 1. The Morgan fingerprint density at radius 2 is 1.77 bits per heavy atom. The van der Waals surface area contributed by atoms with Gasteiger partial charge in [0, 0.05) is 5.69 Å². The van der Waals surface area contributed by atoms with Gasteiger partial charge in [0.1, 0.15) is 0 Å². The van der Waals surface area contributed by atoms with Crippen molar-refractivity contribution in [3.05, 3.63) is 35.7 Å². The summed E-state index contributed by atoms with van der Waals surface area (Å²) in [5, 5.41) is 0. The highest BCUT2D eigenvalue weighted by Crippen LogP contribution is 2.19. The third kappa shape index (κ3) is 2.48. The molecule has 1 aromatic rings. The number of hydrogen-bond donors (Lipinski definition) is 1.